The molecule has 104 valence electrons. The number of carbonyl (C=O) groups is 1. The number of hydrogen-bond acceptors (Lipinski definition) is 5. The summed E-state index contributed by atoms with van der Waals surface area (Å²) in [6.45, 7) is 0.0893. The van der Waals surface area contributed by atoms with Gasteiger partial charge in [-0.05, 0) is 11.6 Å². The van der Waals surface area contributed by atoms with Crippen LogP contribution >= 0.6 is 0 Å². The Labute approximate surface area is 110 Å². The topological polar surface area (TPSA) is 76.6 Å². The highest BCUT2D eigenvalue weighted by Crippen LogP contribution is 2.22. The Morgan fingerprint density at radius 3 is 2.89 bits per heavy atom. The van der Waals surface area contributed by atoms with Crippen LogP contribution in [0.5, 0.6) is 5.88 Å². The van der Waals surface area contributed by atoms with Crippen molar-refractivity contribution in [1.29, 1.82) is 0 Å². The third-order valence-corrected chi connectivity index (χ3v) is 4.07. The summed E-state index contributed by atoms with van der Waals surface area (Å²) < 4.78 is 39.4. The smallest absolute Gasteiger partial charge is 0.307 e. The van der Waals surface area contributed by atoms with E-state index in [0.29, 0.717) is 5.88 Å². The first kappa shape index (κ1) is 13.7. The maximum Gasteiger partial charge on any atom is 0.307 e. The van der Waals surface area contributed by atoms with Gasteiger partial charge in [-0.2, -0.15) is 8.42 Å². The quantitative estimate of drug-likeness (QED) is 0.754. The number of methoxy groups -OCH3 is 1. The Balaban J connectivity index is 2.09. The zero-order valence-corrected chi connectivity index (χ0v) is 11.1. The van der Waals surface area contributed by atoms with Crippen molar-refractivity contribution >= 4 is 16.1 Å². The van der Waals surface area contributed by atoms with Gasteiger partial charge in [0.15, 0.2) is 0 Å². The van der Waals surface area contributed by atoms with E-state index in [9.17, 15) is 17.1 Å². The first-order valence-corrected chi connectivity index (χ1v) is 7.05. The average Bonchev–Trinajstić information content (AvgIpc) is 2.71. The standard InChI is InChI=1S/C11H13FN2O4S/c1-18-10-4-8(2-3-13-10)6-14-7-9(5-11(14)15)19(12,16)17/h2-4,9H,5-7H2,1H3. The van der Waals surface area contributed by atoms with E-state index >= 15 is 0 Å². The molecule has 1 aliphatic heterocycles. The predicted molar refractivity (Wildman–Crippen MR) is 64.6 cm³/mol. The molecule has 19 heavy (non-hydrogen) atoms. The molecule has 0 N–H and O–H groups in total. The molecule has 1 aromatic rings. The normalized spacial score (nSPS) is 19.8. The fraction of sp³-hybridized carbons (Fsp3) is 0.455. The molecule has 1 aliphatic rings. The number of likely N-dealkylation sites (tertiary alicyclic amines) is 1. The Bertz CT molecular complexity index is 590. The van der Waals surface area contributed by atoms with Crippen molar-refractivity contribution < 1.29 is 21.8 Å². The van der Waals surface area contributed by atoms with Crippen LogP contribution in [0.2, 0.25) is 0 Å². The molecule has 6 nitrogen and oxygen atoms in total. The van der Waals surface area contributed by atoms with E-state index in [2.05, 4.69) is 4.98 Å². The van der Waals surface area contributed by atoms with E-state index in [-0.39, 0.29) is 25.4 Å². The highest BCUT2D eigenvalue weighted by Gasteiger charge is 2.38. The SMILES string of the molecule is COc1cc(CN2CC(S(=O)(=O)F)CC2=O)ccn1. The molecule has 0 spiro atoms. The van der Waals surface area contributed by atoms with Crippen LogP contribution in [0.15, 0.2) is 18.3 Å². The van der Waals surface area contributed by atoms with Gasteiger partial charge in [0.1, 0.15) is 5.25 Å². The second-order valence-electron chi connectivity index (χ2n) is 4.28. The van der Waals surface area contributed by atoms with Crippen molar-refractivity contribution in [3.8, 4) is 5.88 Å². The van der Waals surface area contributed by atoms with Crippen molar-refractivity contribution in [3.63, 3.8) is 0 Å². The van der Waals surface area contributed by atoms with Gasteiger partial charge in [0.2, 0.25) is 11.8 Å². The molecule has 0 radical (unpaired) electrons. The summed E-state index contributed by atoms with van der Waals surface area (Å²) in [5.74, 6) is 0.0285. The minimum absolute atomic E-state index is 0.123. The van der Waals surface area contributed by atoms with Crippen molar-refractivity contribution in [3.05, 3.63) is 23.9 Å². The highest BCUT2D eigenvalue weighted by molar-refractivity contribution is 7.87. The molecule has 0 bridgehead atoms. The summed E-state index contributed by atoms with van der Waals surface area (Å²) >= 11 is 0. The predicted octanol–water partition coefficient (Wildman–Crippen LogP) is 0.490. The van der Waals surface area contributed by atoms with Gasteiger partial charge in [0.05, 0.1) is 7.11 Å². The minimum atomic E-state index is -4.67. The second kappa shape index (κ2) is 5.12. The molecule has 2 rings (SSSR count). The maximum absolute atomic E-state index is 12.9. The van der Waals surface area contributed by atoms with Gasteiger partial charge in [-0.3, -0.25) is 4.79 Å². The summed E-state index contributed by atoms with van der Waals surface area (Å²) in [6, 6.07) is 3.33. The van der Waals surface area contributed by atoms with Crippen molar-refractivity contribution in [2.75, 3.05) is 13.7 Å². The van der Waals surface area contributed by atoms with E-state index in [4.69, 9.17) is 4.74 Å². The number of nitrogens with zero attached hydrogens (tertiary/aromatic N) is 2. The van der Waals surface area contributed by atoms with Crippen LogP contribution in [-0.4, -0.2) is 43.1 Å². The number of hydrogen-bond donors (Lipinski definition) is 0. The molecule has 0 aliphatic carbocycles. The van der Waals surface area contributed by atoms with Crippen LogP contribution in [0.25, 0.3) is 0 Å². The molecule has 1 saturated heterocycles. The number of carbonyl (C=O) groups excluding carboxylic acids is 1. The van der Waals surface area contributed by atoms with Crippen molar-refractivity contribution in [2.24, 2.45) is 0 Å². The summed E-state index contributed by atoms with van der Waals surface area (Å²) in [4.78, 5) is 16.9. The molecule has 0 saturated carbocycles. The summed E-state index contributed by atoms with van der Waals surface area (Å²) in [7, 11) is -3.20. The maximum atomic E-state index is 12.9. The molecule has 1 aromatic heterocycles. The van der Waals surface area contributed by atoms with Crippen molar-refractivity contribution in [1.82, 2.24) is 9.88 Å². The Hall–Kier alpha value is -1.70. The molecule has 1 amide bonds. The fourth-order valence-electron chi connectivity index (χ4n) is 1.96. The van der Waals surface area contributed by atoms with Crippen LogP contribution in [0.4, 0.5) is 3.89 Å². The fourth-order valence-corrected chi connectivity index (χ4v) is 2.66. The van der Waals surface area contributed by atoms with Gasteiger partial charge in [-0.15, -0.1) is 3.89 Å². The highest BCUT2D eigenvalue weighted by atomic mass is 32.3. The Kier molecular flexibility index (Phi) is 3.70. The van der Waals surface area contributed by atoms with Crippen LogP contribution < -0.4 is 4.74 Å². The van der Waals surface area contributed by atoms with E-state index in [0.717, 1.165) is 5.56 Å². The monoisotopic (exact) mass is 288 g/mol. The number of rotatable bonds is 4. The summed E-state index contributed by atoms with van der Waals surface area (Å²) in [5.41, 5.74) is 0.747. The zero-order valence-electron chi connectivity index (χ0n) is 10.2. The van der Waals surface area contributed by atoms with E-state index in [1.54, 1.807) is 12.1 Å². The van der Waals surface area contributed by atoms with Crippen LogP contribution in [0, 0.1) is 0 Å². The van der Waals surface area contributed by atoms with Crippen LogP contribution in [-0.2, 0) is 21.6 Å². The number of pyridine rings is 1. The Morgan fingerprint density at radius 1 is 1.58 bits per heavy atom. The van der Waals surface area contributed by atoms with Gasteiger partial charge in [-0.1, -0.05) is 0 Å². The lowest BCUT2D eigenvalue weighted by atomic mass is 10.2. The van der Waals surface area contributed by atoms with E-state index < -0.39 is 15.5 Å². The van der Waals surface area contributed by atoms with Crippen molar-refractivity contribution in [2.45, 2.75) is 18.2 Å². The summed E-state index contributed by atoms with van der Waals surface area (Å²) in [6.07, 6.45) is 1.22. The summed E-state index contributed by atoms with van der Waals surface area (Å²) in [5, 5.41) is -1.26. The van der Waals surface area contributed by atoms with E-state index in [1.165, 1.54) is 18.2 Å². The molecular weight excluding hydrogens is 275 g/mol. The minimum Gasteiger partial charge on any atom is -0.481 e. The molecular formula is C11H13FN2O4S. The third kappa shape index (κ3) is 3.19. The van der Waals surface area contributed by atoms with Gasteiger partial charge < -0.3 is 9.64 Å². The largest absolute Gasteiger partial charge is 0.481 e. The van der Waals surface area contributed by atoms with Gasteiger partial charge in [0.25, 0.3) is 0 Å². The lowest BCUT2D eigenvalue weighted by molar-refractivity contribution is -0.128. The molecule has 0 aromatic carbocycles. The first-order chi connectivity index (χ1) is 8.90. The molecule has 1 unspecified atom stereocenters. The third-order valence-electron chi connectivity index (χ3n) is 2.96. The number of halogens is 1. The lowest BCUT2D eigenvalue weighted by Gasteiger charge is -2.16. The van der Waals surface area contributed by atoms with Crippen LogP contribution in [0.3, 0.4) is 0 Å². The molecule has 1 atom stereocenters. The zero-order chi connectivity index (χ0) is 14.0. The number of ether oxygens (including phenoxy) is 1. The first-order valence-electron chi connectivity index (χ1n) is 5.60. The van der Waals surface area contributed by atoms with E-state index in [1.807, 2.05) is 0 Å². The Morgan fingerprint density at radius 2 is 2.32 bits per heavy atom. The number of amides is 1. The molecule has 1 fully saturated rings. The number of aromatic nitrogens is 1. The molecule has 2 heterocycles. The van der Waals surface area contributed by atoms with Gasteiger partial charge >= 0.3 is 10.2 Å². The molecule has 8 heteroatoms. The van der Waals surface area contributed by atoms with Gasteiger partial charge in [-0.25, -0.2) is 4.98 Å². The average molecular weight is 288 g/mol. The lowest BCUT2D eigenvalue weighted by Crippen LogP contribution is -2.26. The van der Waals surface area contributed by atoms with Crippen LogP contribution in [0.1, 0.15) is 12.0 Å². The van der Waals surface area contributed by atoms with Gasteiger partial charge in [0, 0.05) is 31.8 Å². The second-order valence-corrected chi connectivity index (χ2v) is 5.90.